The quantitative estimate of drug-likeness (QED) is 0.688. The third-order valence-electron chi connectivity index (χ3n) is 3.51. The van der Waals surface area contributed by atoms with Gasteiger partial charge in [0.15, 0.2) is 0 Å². The molecule has 0 bridgehead atoms. The smallest absolute Gasteiger partial charge is 0.335 e. The van der Waals surface area contributed by atoms with Crippen LogP contribution < -0.4 is 10.6 Å². The number of urea groups is 1. The van der Waals surface area contributed by atoms with Gasteiger partial charge < -0.3 is 20.5 Å². The summed E-state index contributed by atoms with van der Waals surface area (Å²) >= 11 is 0. The predicted octanol–water partition coefficient (Wildman–Crippen LogP) is 2.79. The molecule has 2 amide bonds. The number of carbonyl (C=O) groups is 2. The van der Waals surface area contributed by atoms with Crippen LogP contribution in [-0.4, -0.2) is 29.8 Å². The molecule has 2 aromatic carbocycles. The SMILES string of the molecule is CC(COCc1ccccc1)NC(=O)NCc1ccc(C(=O)O)cc1. The zero-order valence-electron chi connectivity index (χ0n) is 14.1. The number of carboxylic acid groups (broad SMARTS) is 1. The Morgan fingerprint density at radius 3 is 2.36 bits per heavy atom. The number of hydrogen-bond donors (Lipinski definition) is 3. The van der Waals surface area contributed by atoms with Crippen molar-refractivity contribution in [3.8, 4) is 0 Å². The van der Waals surface area contributed by atoms with Crippen LogP contribution in [0.5, 0.6) is 0 Å². The Labute approximate surface area is 146 Å². The van der Waals surface area contributed by atoms with Gasteiger partial charge >= 0.3 is 12.0 Å². The third-order valence-corrected chi connectivity index (χ3v) is 3.51. The minimum absolute atomic E-state index is 0.127. The standard InChI is InChI=1S/C19H22N2O4/c1-14(12-25-13-16-5-3-2-4-6-16)21-19(24)20-11-15-7-9-17(10-8-15)18(22)23/h2-10,14H,11-13H2,1H3,(H,22,23)(H2,20,21,24). The van der Waals surface area contributed by atoms with Crippen LogP contribution in [0.25, 0.3) is 0 Å². The van der Waals surface area contributed by atoms with E-state index in [2.05, 4.69) is 10.6 Å². The van der Waals surface area contributed by atoms with E-state index in [0.29, 0.717) is 19.8 Å². The van der Waals surface area contributed by atoms with Crippen molar-refractivity contribution in [2.75, 3.05) is 6.61 Å². The van der Waals surface area contributed by atoms with Crippen molar-refractivity contribution in [2.24, 2.45) is 0 Å². The Bertz CT molecular complexity index is 686. The Hall–Kier alpha value is -2.86. The first-order chi connectivity index (χ1) is 12.0. The maximum Gasteiger partial charge on any atom is 0.335 e. The molecule has 132 valence electrons. The average molecular weight is 342 g/mol. The van der Waals surface area contributed by atoms with E-state index in [0.717, 1.165) is 11.1 Å². The van der Waals surface area contributed by atoms with Crippen LogP contribution in [0.2, 0.25) is 0 Å². The van der Waals surface area contributed by atoms with Gasteiger partial charge in [-0.25, -0.2) is 9.59 Å². The van der Waals surface area contributed by atoms with Crippen LogP contribution in [0.4, 0.5) is 4.79 Å². The Morgan fingerprint density at radius 1 is 1.04 bits per heavy atom. The topological polar surface area (TPSA) is 87.7 Å². The number of carboxylic acids is 1. The van der Waals surface area contributed by atoms with Crippen molar-refractivity contribution >= 4 is 12.0 Å². The number of nitrogens with one attached hydrogen (secondary N) is 2. The molecule has 6 nitrogen and oxygen atoms in total. The lowest BCUT2D eigenvalue weighted by Crippen LogP contribution is -2.42. The molecule has 6 heteroatoms. The van der Waals surface area contributed by atoms with Gasteiger partial charge in [-0.1, -0.05) is 42.5 Å². The number of ether oxygens (including phenoxy) is 1. The number of amides is 2. The third kappa shape index (κ3) is 6.64. The molecule has 2 rings (SSSR count). The van der Waals surface area contributed by atoms with Crippen LogP contribution >= 0.6 is 0 Å². The largest absolute Gasteiger partial charge is 0.478 e. The van der Waals surface area contributed by atoms with E-state index in [4.69, 9.17) is 9.84 Å². The van der Waals surface area contributed by atoms with Gasteiger partial charge in [0.1, 0.15) is 0 Å². The van der Waals surface area contributed by atoms with E-state index in [1.54, 1.807) is 12.1 Å². The van der Waals surface area contributed by atoms with Gasteiger partial charge in [0.05, 0.1) is 24.8 Å². The predicted molar refractivity (Wildman–Crippen MR) is 94.3 cm³/mol. The molecule has 0 aliphatic heterocycles. The summed E-state index contributed by atoms with van der Waals surface area (Å²) in [5.41, 5.74) is 2.13. The molecular weight excluding hydrogens is 320 g/mol. The monoisotopic (exact) mass is 342 g/mol. The molecule has 0 heterocycles. The van der Waals surface area contributed by atoms with E-state index in [1.165, 1.54) is 12.1 Å². The van der Waals surface area contributed by atoms with Crippen molar-refractivity contribution in [2.45, 2.75) is 26.1 Å². The highest BCUT2D eigenvalue weighted by atomic mass is 16.5. The van der Waals surface area contributed by atoms with Crippen LogP contribution in [0, 0.1) is 0 Å². The van der Waals surface area contributed by atoms with Crippen LogP contribution in [0.15, 0.2) is 54.6 Å². The maximum atomic E-state index is 11.9. The number of benzene rings is 2. The summed E-state index contributed by atoms with van der Waals surface area (Å²) in [6.07, 6.45) is 0. The fourth-order valence-electron chi connectivity index (χ4n) is 2.19. The number of hydrogen-bond acceptors (Lipinski definition) is 3. The molecule has 0 saturated carbocycles. The van der Waals surface area contributed by atoms with Crippen molar-refractivity contribution in [1.82, 2.24) is 10.6 Å². The fourth-order valence-corrected chi connectivity index (χ4v) is 2.19. The second kappa shape index (κ2) is 9.44. The number of carbonyl (C=O) groups excluding carboxylic acids is 1. The molecule has 1 atom stereocenters. The molecule has 0 aromatic heterocycles. The van der Waals surface area contributed by atoms with Gasteiger partial charge in [0.25, 0.3) is 0 Å². The maximum absolute atomic E-state index is 11.9. The van der Waals surface area contributed by atoms with Crippen molar-refractivity contribution in [1.29, 1.82) is 0 Å². The summed E-state index contributed by atoms with van der Waals surface area (Å²) in [5.74, 6) is -0.971. The molecular formula is C19H22N2O4. The highest BCUT2D eigenvalue weighted by Crippen LogP contribution is 2.04. The molecule has 0 saturated heterocycles. The van der Waals surface area contributed by atoms with Gasteiger partial charge in [-0.15, -0.1) is 0 Å². The fraction of sp³-hybridized carbons (Fsp3) is 0.263. The Morgan fingerprint density at radius 2 is 1.72 bits per heavy atom. The Kier molecular flexibility index (Phi) is 6.98. The zero-order valence-corrected chi connectivity index (χ0v) is 14.1. The van der Waals surface area contributed by atoms with Crippen LogP contribution in [0.1, 0.15) is 28.4 Å². The second-order valence-electron chi connectivity index (χ2n) is 5.73. The minimum Gasteiger partial charge on any atom is -0.478 e. The zero-order chi connectivity index (χ0) is 18.1. The Balaban J connectivity index is 1.66. The summed E-state index contributed by atoms with van der Waals surface area (Å²) in [5, 5.41) is 14.4. The number of rotatable bonds is 8. The van der Waals surface area contributed by atoms with E-state index >= 15 is 0 Å². The second-order valence-corrected chi connectivity index (χ2v) is 5.73. The summed E-state index contributed by atoms with van der Waals surface area (Å²) in [4.78, 5) is 22.6. The summed E-state index contributed by atoms with van der Waals surface area (Å²) in [6, 6.07) is 15.8. The lowest BCUT2D eigenvalue weighted by atomic mass is 10.1. The van der Waals surface area contributed by atoms with Gasteiger partial charge in [-0.05, 0) is 30.2 Å². The van der Waals surface area contributed by atoms with Crippen LogP contribution in [-0.2, 0) is 17.9 Å². The van der Waals surface area contributed by atoms with E-state index in [-0.39, 0.29) is 17.6 Å². The summed E-state index contributed by atoms with van der Waals surface area (Å²) in [6.45, 7) is 3.11. The molecule has 0 aliphatic carbocycles. The first kappa shape index (κ1) is 18.5. The first-order valence-corrected chi connectivity index (χ1v) is 8.03. The van der Waals surface area contributed by atoms with Crippen molar-refractivity contribution in [3.63, 3.8) is 0 Å². The highest BCUT2D eigenvalue weighted by molar-refractivity contribution is 5.87. The van der Waals surface area contributed by atoms with Gasteiger partial charge in [0.2, 0.25) is 0 Å². The average Bonchev–Trinajstić information content (AvgIpc) is 2.61. The molecule has 0 radical (unpaired) electrons. The molecule has 0 aliphatic rings. The molecule has 1 unspecified atom stereocenters. The lowest BCUT2D eigenvalue weighted by molar-refractivity contribution is 0.0697. The van der Waals surface area contributed by atoms with E-state index in [1.807, 2.05) is 37.3 Å². The summed E-state index contributed by atoms with van der Waals surface area (Å²) < 4.78 is 5.58. The van der Waals surface area contributed by atoms with E-state index in [9.17, 15) is 9.59 Å². The minimum atomic E-state index is -0.971. The van der Waals surface area contributed by atoms with Gasteiger partial charge in [-0.2, -0.15) is 0 Å². The molecule has 2 aromatic rings. The van der Waals surface area contributed by atoms with Crippen LogP contribution in [0.3, 0.4) is 0 Å². The highest BCUT2D eigenvalue weighted by Gasteiger charge is 2.08. The lowest BCUT2D eigenvalue weighted by Gasteiger charge is -2.15. The normalized spacial score (nSPS) is 11.6. The summed E-state index contributed by atoms with van der Waals surface area (Å²) in [7, 11) is 0. The molecule has 0 spiro atoms. The van der Waals surface area contributed by atoms with E-state index < -0.39 is 5.97 Å². The van der Waals surface area contributed by atoms with Crippen molar-refractivity contribution < 1.29 is 19.4 Å². The molecule has 25 heavy (non-hydrogen) atoms. The molecule has 3 N–H and O–H groups in total. The van der Waals surface area contributed by atoms with Gasteiger partial charge in [-0.3, -0.25) is 0 Å². The first-order valence-electron chi connectivity index (χ1n) is 8.03. The van der Waals surface area contributed by atoms with Crippen molar-refractivity contribution in [3.05, 3.63) is 71.3 Å². The molecule has 0 fully saturated rings. The van der Waals surface area contributed by atoms with Gasteiger partial charge in [0, 0.05) is 6.54 Å². The number of aromatic carboxylic acids is 1.